The number of amides is 1. The van der Waals surface area contributed by atoms with Crippen molar-refractivity contribution in [1.29, 1.82) is 0 Å². The van der Waals surface area contributed by atoms with Gasteiger partial charge in [0.1, 0.15) is 30.5 Å². The first kappa shape index (κ1) is 20.5. The van der Waals surface area contributed by atoms with Gasteiger partial charge in [-0.25, -0.2) is 0 Å². The quantitative estimate of drug-likeness (QED) is 0.557. The highest BCUT2D eigenvalue weighted by molar-refractivity contribution is 5.78. The van der Waals surface area contributed by atoms with Gasteiger partial charge >= 0.3 is 0 Å². The molecule has 0 saturated carbocycles. The van der Waals surface area contributed by atoms with Gasteiger partial charge in [0, 0.05) is 0 Å². The van der Waals surface area contributed by atoms with E-state index in [1.165, 1.54) is 0 Å². The molecule has 152 valence electrons. The Hall–Kier alpha value is -3.28. The molecule has 1 N–H and O–H groups in total. The Morgan fingerprint density at radius 3 is 2.52 bits per heavy atom. The maximum absolute atomic E-state index is 12.1. The number of hydrogen-bond donors (Lipinski definition) is 1. The third kappa shape index (κ3) is 6.10. The van der Waals surface area contributed by atoms with Crippen molar-refractivity contribution in [2.45, 2.75) is 33.8 Å². The molecule has 29 heavy (non-hydrogen) atoms. The molecule has 0 fully saturated rings. The van der Waals surface area contributed by atoms with Crippen LogP contribution in [0.2, 0.25) is 0 Å². The van der Waals surface area contributed by atoms with E-state index in [1.54, 1.807) is 0 Å². The summed E-state index contributed by atoms with van der Waals surface area (Å²) < 4.78 is 16.6. The van der Waals surface area contributed by atoms with E-state index < -0.39 is 0 Å². The number of carbonyl (C=O) groups excluding carboxylic acids is 1. The first-order valence-corrected chi connectivity index (χ1v) is 9.61. The van der Waals surface area contributed by atoms with Gasteiger partial charge in [-0.1, -0.05) is 29.4 Å². The van der Waals surface area contributed by atoms with Gasteiger partial charge in [0.25, 0.3) is 0 Å². The number of carbonyl (C=O) groups is 1. The van der Waals surface area contributed by atoms with Crippen LogP contribution < -0.4 is 14.8 Å². The minimum Gasteiger partial charge on any atom is -0.492 e. The second kappa shape index (κ2) is 9.78. The molecule has 6 heteroatoms. The highest BCUT2D eigenvalue weighted by atomic mass is 16.5. The number of nitrogens with one attached hydrogen (secondary N) is 1. The fourth-order valence-electron chi connectivity index (χ4n) is 2.88. The Kier molecular flexibility index (Phi) is 6.89. The first-order valence-electron chi connectivity index (χ1n) is 9.61. The minimum atomic E-state index is -0.0396. The van der Waals surface area contributed by atoms with Crippen molar-refractivity contribution in [2.24, 2.45) is 0 Å². The molecule has 2 aromatic carbocycles. The second-order valence-electron chi connectivity index (χ2n) is 6.93. The van der Waals surface area contributed by atoms with E-state index in [1.807, 2.05) is 69.3 Å². The van der Waals surface area contributed by atoms with Crippen molar-refractivity contribution in [2.75, 3.05) is 13.2 Å². The molecular weight excluding hydrogens is 368 g/mol. The van der Waals surface area contributed by atoms with Crippen LogP contribution in [0.3, 0.4) is 0 Å². The molecular formula is C23H26N2O4. The van der Waals surface area contributed by atoms with Gasteiger partial charge in [-0.05, 0) is 56.2 Å². The monoisotopic (exact) mass is 394 g/mol. The molecule has 0 atom stereocenters. The lowest BCUT2D eigenvalue weighted by atomic mass is 10.1. The van der Waals surface area contributed by atoms with Crippen LogP contribution in [0, 0.1) is 20.8 Å². The average molecular weight is 394 g/mol. The lowest BCUT2D eigenvalue weighted by Crippen LogP contribution is -2.29. The third-order valence-corrected chi connectivity index (χ3v) is 4.53. The average Bonchev–Trinajstić information content (AvgIpc) is 3.02. The number of aromatic nitrogens is 1. The number of aryl methyl sites for hydroxylation is 3. The Labute approximate surface area is 170 Å². The summed E-state index contributed by atoms with van der Waals surface area (Å²) >= 11 is 0. The van der Waals surface area contributed by atoms with E-state index in [-0.39, 0.29) is 5.91 Å². The van der Waals surface area contributed by atoms with Crippen molar-refractivity contribution in [3.8, 4) is 11.5 Å². The van der Waals surface area contributed by atoms with E-state index >= 15 is 0 Å². The molecule has 1 heterocycles. The summed E-state index contributed by atoms with van der Waals surface area (Å²) in [5.74, 6) is 2.27. The number of nitrogens with zero attached hydrogens (tertiary/aromatic N) is 1. The largest absolute Gasteiger partial charge is 0.492 e. The molecule has 0 aliphatic rings. The van der Waals surface area contributed by atoms with Crippen molar-refractivity contribution in [3.05, 3.63) is 76.7 Å². The van der Waals surface area contributed by atoms with E-state index in [0.717, 1.165) is 39.6 Å². The van der Waals surface area contributed by atoms with Crippen molar-refractivity contribution in [3.63, 3.8) is 0 Å². The zero-order valence-corrected chi connectivity index (χ0v) is 17.0. The molecule has 1 amide bonds. The number of ether oxygens (including phenoxy) is 2. The summed E-state index contributed by atoms with van der Waals surface area (Å²) in [5.41, 5.74) is 3.86. The summed E-state index contributed by atoms with van der Waals surface area (Å²) in [6.07, 6.45) is 0.314. The van der Waals surface area contributed by atoms with E-state index in [0.29, 0.717) is 26.2 Å². The summed E-state index contributed by atoms with van der Waals surface area (Å²) in [7, 11) is 0. The van der Waals surface area contributed by atoms with Crippen LogP contribution >= 0.6 is 0 Å². The first-order chi connectivity index (χ1) is 14.0. The SMILES string of the molecule is Cc1cccc(OCCNC(=O)Cc2ccc(OCc3c(C)noc3C)cc2)c1. The van der Waals surface area contributed by atoms with Gasteiger partial charge in [0.15, 0.2) is 0 Å². The maximum Gasteiger partial charge on any atom is 0.224 e. The van der Waals surface area contributed by atoms with Crippen molar-refractivity contribution < 1.29 is 18.8 Å². The predicted octanol–water partition coefficient (Wildman–Crippen LogP) is 3.92. The number of benzene rings is 2. The highest BCUT2D eigenvalue weighted by Gasteiger charge is 2.10. The molecule has 0 radical (unpaired) electrons. The summed E-state index contributed by atoms with van der Waals surface area (Å²) in [4.78, 5) is 12.1. The van der Waals surface area contributed by atoms with Gasteiger partial charge < -0.3 is 19.3 Å². The summed E-state index contributed by atoms with van der Waals surface area (Å²) in [6, 6.07) is 15.4. The maximum atomic E-state index is 12.1. The van der Waals surface area contributed by atoms with Crippen molar-refractivity contribution >= 4 is 5.91 Å². The fourth-order valence-corrected chi connectivity index (χ4v) is 2.88. The van der Waals surface area contributed by atoms with Gasteiger partial charge in [-0.15, -0.1) is 0 Å². The zero-order chi connectivity index (χ0) is 20.6. The van der Waals surface area contributed by atoms with E-state index in [2.05, 4.69) is 10.5 Å². The topological polar surface area (TPSA) is 73.6 Å². The van der Waals surface area contributed by atoms with Gasteiger partial charge in [0.05, 0.1) is 24.2 Å². The fraction of sp³-hybridized carbons (Fsp3) is 0.304. The molecule has 0 saturated heterocycles. The number of rotatable bonds is 9. The second-order valence-corrected chi connectivity index (χ2v) is 6.93. The summed E-state index contributed by atoms with van der Waals surface area (Å²) in [5, 5.41) is 6.79. The number of hydrogen-bond acceptors (Lipinski definition) is 5. The minimum absolute atomic E-state index is 0.0396. The zero-order valence-electron chi connectivity index (χ0n) is 17.0. The molecule has 6 nitrogen and oxygen atoms in total. The van der Waals surface area contributed by atoms with Crippen LogP contribution in [-0.2, 0) is 17.8 Å². The Morgan fingerprint density at radius 2 is 1.83 bits per heavy atom. The third-order valence-electron chi connectivity index (χ3n) is 4.53. The molecule has 0 bridgehead atoms. The predicted molar refractivity (Wildman–Crippen MR) is 110 cm³/mol. The van der Waals surface area contributed by atoms with Crippen LogP contribution in [0.5, 0.6) is 11.5 Å². The standard InChI is InChI=1S/C23H26N2O4/c1-16-5-4-6-21(13-16)27-12-11-24-23(26)14-19-7-9-20(10-8-19)28-15-22-17(2)25-29-18(22)3/h4-10,13H,11-12,14-15H2,1-3H3,(H,24,26). The molecule has 0 spiro atoms. The smallest absolute Gasteiger partial charge is 0.224 e. The van der Waals surface area contributed by atoms with Crippen LogP contribution in [0.25, 0.3) is 0 Å². The Balaban J connectivity index is 1.39. The molecule has 0 aliphatic carbocycles. The molecule has 0 unspecified atom stereocenters. The van der Waals surface area contributed by atoms with Crippen LogP contribution in [0.15, 0.2) is 53.1 Å². The van der Waals surface area contributed by atoms with Crippen LogP contribution in [0.4, 0.5) is 0 Å². The molecule has 0 aliphatic heterocycles. The lowest BCUT2D eigenvalue weighted by Gasteiger charge is -2.09. The Morgan fingerprint density at radius 1 is 1.03 bits per heavy atom. The van der Waals surface area contributed by atoms with Gasteiger partial charge in [-0.2, -0.15) is 0 Å². The van der Waals surface area contributed by atoms with E-state index in [9.17, 15) is 4.79 Å². The molecule has 3 rings (SSSR count). The van der Waals surface area contributed by atoms with Gasteiger partial charge in [-0.3, -0.25) is 4.79 Å². The molecule has 1 aromatic heterocycles. The Bertz CT molecular complexity index is 928. The molecule has 3 aromatic rings. The highest BCUT2D eigenvalue weighted by Crippen LogP contribution is 2.18. The summed E-state index contributed by atoms with van der Waals surface area (Å²) in [6.45, 7) is 7.08. The normalized spacial score (nSPS) is 10.6. The lowest BCUT2D eigenvalue weighted by molar-refractivity contribution is -0.120. The van der Waals surface area contributed by atoms with Crippen LogP contribution in [-0.4, -0.2) is 24.2 Å². The van der Waals surface area contributed by atoms with Gasteiger partial charge in [0.2, 0.25) is 5.91 Å². The van der Waals surface area contributed by atoms with E-state index in [4.69, 9.17) is 14.0 Å². The van der Waals surface area contributed by atoms with Crippen molar-refractivity contribution in [1.82, 2.24) is 10.5 Å². The van der Waals surface area contributed by atoms with Crippen LogP contribution in [0.1, 0.15) is 28.1 Å².